The van der Waals surface area contributed by atoms with E-state index in [9.17, 15) is 9.59 Å². The molecule has 1 amide bonds. The summed E-state index contributed by atoms with van der Waals surface area (Å²) in [5.74, 6) is -0.286. The monoisotopic (exact) mass is 301 g/mol. The third kappa shape index (κ3) is 3.30. The average molecular weight is 301 g/mol. The highest BCUT2D eigenvalue weighted by Crippen LogP contribution is 2.33. The van der Waals surface area contributed by atoms with Crippen LogP contribution in [0.4, 0.5) is 4.79 Å². The first-order valence-corrected chi connectivity index (χ1v) is 7.52. The number of carbonyl (C=O) groups excluding carboxylic acids is 2. The number of esters is 1. The highest BCUT2D eigenvalue weighted by Gasteiger charge is 2.39. The number of rotatable bonds is 2. The number of ether oxygens (including phenoxy) is 2. The Morgan fingerprint density at radius 3 is 2.64 bits per heavy atom. The second kappa shape index (κ2) is 6.22. The number of benzene rings is 1. The predicted molar refractivity (Wildman–Crippen MR) is 80.0 cm³/mol. The van der Waals surface area contributed by atoms with Crippen LogP contribution in [0.1, 0.15) is 24.8 Å². The number of hydrogen-bond acceptors (Lipinski definition) is 4. The molecule has 0 aliphatic carbocycles. The van der Waals surface area contributed by atoms with Gasteiger partial charge in [-0.15, -0.1) is 0 Å². The van der Waals surface area contributed by atoms with Crippen molar-refractivity contribution in [3.05, 3.63) is 48.0 Å². The fourth-order valence-electron chi connectivity index (χ4n) is 2.87. The molecule has 0 atom stereocenters. The van der Waals surface area contributed by atoms with Gasteiger partial charge in [0.05, 0.1) is 0 Å². The van der Waals surface area contributed by atoms with Gasteiger partial charge in [-0.25, -0.2) is 9.59 Å². The van der Waals surface area contributed by atoms with Gasteiger partial charge in [0.15, 0.2) is 0 Å². The number of hydrogen-bond donors (Lipinski definition) is 0. The molecule has 2 aliphatic heterocycles. The van der Waals surface area contributed by atoms with Gasteiger partial charge in [-0.2, -0.15) is 0 Å². The molecular weight excluding hydrogens is 282 g/mol. The summed E-state index contributed by atoms with van der Waals surface area (Å²) in [6, 6.07) is 9.60. The minimum Gasteiger partial charge on any atom is -0.455 e. The van der Waals surface area contributed by atoms with Gasteiger partial charge >= 0.3 is 12.1 Å². The van der Waals surface area contributed by atoms with E-state index < -0.39 is 5.60 Å². The summed E-state index contributed by atoms with van der Waals surface area (Å²) in [6.07, 6.45) is 5.05. The molecule has 1 aromatic rings. The molecule has 1 saturated heterocycles. The molecule has 1 fully saturated rings. The SMILES string of the molecule is O=C1C=CCC2(CCN(C(=O)OCc3ccccc3)CC2)O1. The minimum atomic E-state index is -0.429. The van der Waals surface area contributed by atoms with Crippen LogP contribution in [0.2, 0.25) is 0 Å². The molecule has 2 aliphatic rings. The number of amides is 1. The smallest absolute Gasteiger partial charge is 0.410 e. The minimum absolute atomic E-state index is 0.277. The first kappa shape index (κ1) is 14.6. The van der Waals surface area contributed by atoms with Crippen LogP contribution in [-0.2, 0) is 20.9 Å². The van der Waals surface area contributed by atoms with Gasteiger partial charge in [0.25, 0.3) is 0 Å². The number of piperidine rings is 1. The van der Waals surface area contributed by atoms with E-state index in [1.165, 1.54) is 6.08 Å². The maximum Gasteiger partial charge on any atom is 0.410 e. The Kier molecular flexibility index (Phi) is 4.13. The molecule has 5 heteroatoms. The van der Waals surface area contributed by atoms with Crippen molar-refractivity contribution in [1.82, 2.24) is 4.90 Å². The van der Waals surface area contributed by atoms with E-state index in [4.69, 9.17) is 9.47 Å². The highest BCUT2D eigenvalue weighted by atomic mass is 16.6. The Bertz CT molecular complexity index is 574. The summed E-state index contributed by atoms with van der Waals surface area (Å²) < 4.78 is 10.8. The van der Waals surface area contributed by atoms with Crippen molar-refractivity contribution in [2.75, 3.05) is 13.1 Å². The Labute approximate surface area is 129 Å². The molecule has 116 valence electrons. The number of likely N-dealkylation sites (tertiary alicyclic amines) is 1. The first-order chi connectivity index (χ1) is 10.7. The molecule has 3 rings (SSSR count). The molecule has 0 unspecified atom stereocenters. The van der Waals surface area contributed by atoms with Crippen molar-refractivity contribution >= 4 is 12.1 Å². The van der Waals surface area contributed by atoms with E-state index in [1.54, 1.807) is 4.90 Å². The molecule has 1 aromatic carbocycles. The molecule has 0 radical (unpaired) electrons. The van der Waals surface area contributed by atoms with Gasteiger partial charge < -0.3 is 14.4 Å². The zero-order valence-electron chi connectivity index (χ0n) is 12.4. The number of nitrogens with zero attached hydrogens (tertiary/aromatic N) is 1. The van der Waals surface area contributed by atoms with Gasteiger partial charge in [-0.05, 0) is 5.56 Å². The summed E-state index contributed by atoms with van der Waals surface area (Å²) in [5, 5.41) is 0. The standard InChI is InChI=1S/C17H19NO4/c19-15-7-4-8-17(22-15)9-11-18(12-10-17)16(20)21-13-14-5-2-1-3-6-14/h1-7H,8-13H2. The Hall–Kier alpha value is -2.30. The third-order valence-electron chi connectivity index (χ3n) is 4.20. The van der Waals surface area contributed by atoms with E-state index >= 15 is 0 Å². The van der Waals surface area contributed by atoms with Crippen LogP contribution in [0.3, 0.4) is 0 Å². The molecule has 22 heavy (non-hydrogen) atoms. The summed E-state index contributed by atoms with van der Waals surface area (Å²) in [7, 11) is 0. The predicted octanol–water partition coefficient (Wildman–Crippen LogP) is 2.66. The fourth-order valence-corrected chi connectivity index (χ4v) is 2.87. The van der Waals surface area contributed by atoms with Gasteiger partial charge in [0.2, 0.25) is 0 Å². The van der Waals surface area contributed by atoms with Crippen molar-refractivity contribution in [3.63, 3.8) is 0 Å². The van der Waals surface area contributed by atoms with E-state index in [1.807, 2.05) is 36.4 Å². The first-order valence-electron chi connectivity index (χ1n) is 7.52. The number of carbonyl (C=O) groups is 2. The summed E-state index contributed by atoms with van der Waals surface area (Å²) in [6.45, 7) is 1.38. The highest BCUT2D eigenvalue weighted by molar-refractivity contribution is 5.83. The zero-order valence-corrected chi connectivity index (χ0v) is 12.4. The van der Waals surface area contributed by atoms with Gasteiger partial charge in [-0.3, -0.25) is 0 Å². The topological polar surface area (TPSA) is 55.8 Å². The van der Waals surface area contributed by atoms with Crippen LogP contribution in [0.15, 0.2) is 42.5 Å². The van der Waals surface area contributed by atoms with Crippen molar-refractivity contribution in [1.29, 1.82) is 0 Å². The van der Waals surface area contributed by atoms with Crippen LogP contribution >= 0.6 is 0 Å². The maximum atomic E-state index is 12.1. The zero-order chi connectivity index (χ0) is 15.4. The summed E-state index contributed by atoms with van der Waals surface area (Å²) >= 11 is 0. The van der Waals surface area contributed by atoms with E-state index in [-0.39, 0.29) is 18.7 Å². The van der Waals surface area contributed by atoms with E-state index in [0.717, 1.165) is 12.0 Å². The molecule has 0 saturated carbocycles. The lowest BCUT2D eigenvalue weighted by atomic mass is 9.86. The van der Waals surface area contributed by atoms with E-state index in [2.05, 4.69) is 0 Å². The molecule has 0 N–H and O–H groups in total. The molecule has 0 bridgehead atoms. The largest absolute Gasteiger partial charge is 0.455 e. The maximum absolute atomic E-state index is 12.1. The Morgan fingerprint density at radius 1 is 1.23 bits per heavy atom. The van der Waals surface area contributed by atoms with Gasteiger partial charge in [0, 0.05) is 38.4 Å². The lowest BCUT2D eigenvalue weighted by molar-refractivity contribution is -0.159. The average Bonchev–Trinajstić information content (AvgIpc) is 2.54. The van der Waals surface area contributed by atoms with Crippen molar-refractivity contribution in [3.8, 4) is 0 Å². The third-order valence-corrected chi connectivity index (χ3v) is 4.20. The molecular formula is C17H19NO4. The summed E-state index contributed by atoms with van der Waals surface area (Å²) in [4.78, 5) is 25.2. The fraction of sp³-hybridized carbons (Fsp3) is 0.412. The quantitative estimate of drug-likeness (QED) is 0.788. The van der Waals surface area contributed by atoms with Crippen molar-refractivity contribution < 1.29 is 19.1 Å². The Balaban J connectivity index is 1.50. The Morgan fingerprint density at radius 2 is 1.95 bits per heavy atom. The van der Waals surface area contributed by atoms with Crippen LogP contribution in [0.5, 0.6) is 0 Å². The normalized spacial score (nSPS) is 19.8. The molecule has 0 aromatic heterocycles. The lowest BCUT2D eigenvalue weighted by Gasteiger charge is -2.41. The van der Waals surface area contributed by atoms with Gasteiger partial charge in [-0.1, -0.05) is 36.4 Å². The van der Waals surface area contributed by atoms with Crippen LogP contribution < -0.4 is 0 Å². The van der Waals surface area contributed by atoms with Crippen LogP contribution in [-0.4, -0.2) is 35.7 Å². The van der Waals surface area contributed by atoms with Gasteiger partial charge in [0.1, 0.15) is 12.2 Å². The lowest BCUT2D eigenvalue weighted by Crippen LogP contribution is -2.49. The van der Waals surface area contributed by atoms with Crippen molar-refractivity contribution in [2.24, 2.45) is 0 Å². The van der Waals surface area contributed by atoms with E-state index in [0.29, 0.717) is 25.9 Å². The second-order valence-corrected chi connectivity index (χ2v) is 5.74. The summed E-state index contributed by atoms with van der Waals surface area (Å²) in [5.41, 5.74) is 0.540. The van der Waals surface area contributed by atoms with Crippen LogP contribution in [0.25, 0.3) is 0 Å². The second-order valence-electron chi connectivity index (χ2n) is 5.74. The van der Waals surface area contributed by atoms with Crippen LogP contribution in [0, 0.1) is 0 Å². The molecule has 1 spiro atoms. The molecule has 2 heterocycles. The van der Waals surface area contributed by atoms with Crippen molar-refractivity contribution in [2.45, 2.75) is 31.5 Å². The molecule has 5 nitrogen and oxygen atoms in total.